The van der Waals surface area contributed by atoms with Gasteiger partial charge in [0, 0.05) is 25.7 Å². The van der Waals surface area contributed by atoms with Gasteiger partial charge < -0.3 is 15.3 Å². The number of halogens is 6. The average molecular weight is 324 g/mol. The highest BCUT2D eigenvalue weighted by atomic mass is 19.4. The lowest BCUT2D eigenvalue weighted by Gasteiger charge is -2.35. The Bertz CT molecular complexity index is 369. The highest BCUT2D eigenvalue weighted by Crippen LogP contribution is 2.21. The molecule has 1 fully saturated rings. The van der Waals surface area contributed by atoms with Crippen molar-refractivity contribution in [2.75, 3.05) is 19.6 Å². The van der Waals surface area contributed by atoms with E-state index in [0.717, 1.165) is 4.90 Å². The zero-order valence-electron chi connectivity index (χ0n) is 10.9. The van der Waals surface area contributed by atoms with Gasteiger partial charge in [0.2, 0.25) is 0 Å². The van der Waals surface area contributed by atoms with Gasteiger partial charge in [-0.3, -0.25) is 4.79 Å². The maximum absolute atomic E-state index is 12.1. The monoisotopic (exact) mass is 324 g/mol. The second-order valence-electron chi connectivity index (χ2n) is 4.07. The van der Waals surface area contributed by atoms with Crippen molar-refractivity contribution in [3.8, 4) is 0 Å². The minimum Gasteiger partial charge on any atom is -0.475 e. The molecule has 1 heterocycles. The fourth-order valence-electron chi connectivity index (χ4n) is 1.56. The molecule has 5 nitrogen and oxygen atoms in total. The van der Waals surface area contributed by atoms with E-state index in [0.29, 0.717) is 19.5 Å². The van der Waals surface area contributed by atoms with Crippen molar-refractivity contribution < 1.29 is 41.0 Å². The van der Waals surface area contributed by atoms with E-state index in [-0.39, 0.29) is 12.6 Å². The van der Waals surface area contributed by atoms with E-state index < -0.39 is 24.2 Å². The smallest absolute Gasteiger partial charge is 0.475 e. The first kappa shape index (κ1) is 19.5. The molecule has 0 aromatic rings. The van der Waals surface area contributed by atoms with Crippen LogP contribution >= 0.6 is 0 Å². The normalized spacial score (nSPS) is 19.6. The van der Waals surface area contributed by atoms with Gasteiger partial charge >= 0.3 is 24.2 Å². The summed E-state index contributed by atoms with van der Waals surface area (Å²) in [5.74, 6) is -4.47. The summed E-state index contributed by atoms with van der Waals surface area (Å²) in [7, 11) is 0. The summed E-state index contributed by atoms with van der Waals surface area (Å²) in [5, 5.41) is 10.1. The standard InChI is InChI=1S/C8H13F3N2O.C2HF3O2/c1-2-6-5-12-3-4-13(6)7(14)8(9,10)11;3-2(4,5)1(6)7/h6,12H,2-5H2,1H3;(H,6,7). The molecule has 1 unspecified atom stereocenters. The SMILES string of the molecule is CCC1CNCCN1C(=O)C(F)(F)F.O=C(O)C(F)(F)F. The number of piperazine rings is 1. The van der Waals surface area contributed by atoms with Gasteiger partial charge in [-0.25, -0.2) is 4.79 Å². The lowest BCUT2D eigenvalue weighted by atomic mass is 10.1. The summed E-state index contributed by atoms with van der Waals surface area (Å²) in [6, 6.07) is -0.335. The molecular formula is C10H14F6N2O3. The lowest BCUT2D eigenvalue weighted by molar-refractivity contribution is -0.192. The Kier molecular flexibility index (Phi) is 6.94. The van der Waals surface area contributed by atoms with Crippen LogP contribution in [0, 0.1) is 0 Å². The largest absolute Gasteiger partial charge is 0.490 e. The minimum atomic E-state index is -5.08. The predicted octanol–water partition coefficient (Wildman–Crippen LogP) is 1.39. The minimum absolute atomic E-state index is 0.136. The topological polar surface area (TPSA) is 69.6 Å². The summed E-state index contributed by atoms with van der Waals surface area (Å²) < 4.78 is 68.1. The van der Waals surface area contributed by atoms with Gasteiger partial charge in [-0.05, 0) is 6.42 Å². The summed E-state index contributed by atoms with van der Waals surface area (Å²) in [6.45, 7) is 2.78. The first-order valence-corrected chi connectivity index (χ1v) is 5.79. The quantitative estimate of drug-likeness (QED) is 0.715. The number of carboxylic acids is 1. The van der Waals surface area contributed by atoms with Crippen LogP contribution in [0.5, 0.6) is 0 Å². The molecular weight excluding hydrogens is 310 g/mol. The molecule has 1 aliphatic rings. The molecule has 2 N–H and O–H groups in total. The third-order valence-electron chi connectivity index (χ3n) is 2.57. The highest BCUT2D eigenvalue weighted by molar-refractivity contribution is 5.82. The number of rotatable bonds is 1. The molecule has 21 heavy (non-hydrogen) atoms. The number of nitrogens with zero attached hydrogens (tertiary/aromatic N) is 1. The van der Waals surface area contributed by atoms with Gasteiger partial charge in [0.1, 0.15) is 0 Å². The van der Waals surface area contributed by atoms with Crippen LogP contribution < -0.4 is 5.32 Å². The average Bonchev–Trinajstić information content (AvgIpc) is 2.36. The second kappa shape index (κ2) is 7.48. The molecule has 0 spiro atoms. The summed E-state index contributed by atoms with van der Waals surface area (Å²) in [6.07, 6.45) is -9.29. The van der Waals surface area contributed by atoms with Crippen molar-refractivity contribution in [1.29, 1.82) is 0 Å². The molecule has 1 amide bonds. The van der Waals surface area contributed by atoms with E-state index in [4.69, 9.17) is 9.90 Å². The van der Waals surface area contributed by atoms with E-state index in [1.165, 1.54) is 0 Å². The summed E-state index contributed by atoms with van der Waals surface area (Å²) >= 11 is 0. The van der Waals surface area contributed by atoms with E-state index in [1.807, 2.05) is 0 Å². The number of carbonyl (C=O) groups excluding carboxylic acids is 1. The molecule has 0 aromatic heterocycles. The van der Waals surface area contributed by atoms with E-state index in [9.17, 15) is 31.1 Å². The van der Waals surface area contributed by atoms with Crippen molar-refractivity contribution in [2.24, 2.45) is 0 Å². The zero-order chi connectivity index (χ0) is 16.8. The molecule has 0 saturated carbocycles. The Labute approximate surface area is 115 Å². The van der Waals surface area contributed by atoms with Crippen molar-refractivity contribution in [2.45, 2.75) is 31.7 Å². The number of amides is 1. The van der Waals surface area contributed by atoms with Gasteiger partial charge in [0.15, 0.2) is 0 Å². The molecule has 0 aromatic carbocycles. The van der Waals surface area contributed by atoms with E-state index in [2.05, 4.69) is 5.32 Å². The first-order chi connectivity index (χ1) is 9.41. The Morgan fingerprint density at radius 3 is 2.00 bits per heavy atom. The van der Waals surface area contributed by atoms with Crippen LogP contribution in [0.25, 0.3) is 0 Å². The van der Waals surface area contributed by atoms with E-state index >= 15 is 0 Å². The van der Waals surface area contributed by atoms with Crippen LogP contribution in [-0.2, 0) is 9.59 Å². The lowest BCUT2D eigenvalue weighted by Crippen LogP contribution is -2.56. The first-order valence-electron chi connectivity index (χ1n) is 5.79. The Morgan fingerprint density at radius 1 is 1.19 bits per heavy atom. The number of hydrogen-bond donors (Lipinski definition) is 2. The van der Waals surface area contributed by atoms with Crippen molar-refractivity contribution >= 4 is 11.9 Å². The van der Waals surface area contributed by atoms with Gasteiger partial charge in [-0.2, -0.15) is 26.3 Å². The summed E-state index contributed by atoms with van der Waals surface area (Å²) in [4.78, 5) is 20.8. The van der Waals surface area contributed by atoms with Crippen LogP contribution in [-0.4, -0.2) is 59.9 Å². The molecule has 1 atom stereocenters. The fourth-order valence-corrected chi connectivity index (χ4v) is 1.56. The molecule has 11 heteroatoms. The third kappa shape index (κ3) is 6.65. The fraction of sp³-hybridized carbons (Fsp3) is 0.800. The van der Waals surface area contributed by atoms with Gasteiger partial charge in [-0.15, -0.1) is 0 Å². The maximum Gasteiger partial charge on any atom is 0.490 e. The Hall–Kier alpha value is -1.52. The maximum atomic E-state index is 12.1. The zero-order valence-corrected chi connectivity index (χ0v) is 10.9. The molecule has 1 aliphatic heterocycles. The number of nitrogens with one attached hydrogen (secondary N) is 1. The molecule has 0 bridgehead atoms. The van der Waals surface area contributed by atoms with Crippen molar-refractivity contribution in [3.63, 3.8) is 0 Å². The molecule has 1 saturated heterocycles. The van der Waals surface area contributed by atoms with Crippen LogP contribution in [0.1, 0.15) is 13.3 Å². The molecule has 1 rings (SSSR count). The number of carbonyl (C=O) groups is 2. The highest BCUT2D eigenvalue weighted by Gasteiger charge is 2.44. The van der Waals surface area contributed by atoms with Crippen LogP contribution in [0.2, 0.25) is 0 Å². The second-order valence-corrected chi connectivity index (χ2v) is 4.07. The Balaban J connectivity index is 0.000000486. The molecule has 124 valence electrons. The van der Waals surface area contributed by atoms with Gasteiger partial charge in [0.25, 0.3) is 0 Å². The number of hydrogen-bond acceptors (Lipinski definition) is 3. The van der Waals surface area contributed by atoms with Gasteiger partial charge in [0.05, 0.1) is 0 Å². The van der Waals surface area contributed by atoms with Crippen molar-refractivity contribution in [1.82, 2.24) is 10.2 Å². The number of aliphatic carboxylic acids is 1. The third-order valence-corrected chi connectivity index (χ3v) is 2.57. The van der Waals surface area contributed by atoms with Crippen molar-refractivity contribution in [3.05, 3.63) is 0 Å². The summed E-state index contributed by atoms with van der Waals surface area (Å²) in [5.41, 5.74) is 0. The predicted molar refractivity (Wildman–Crippen MR) is 58.4 cm³/mol. The molecule has 0 aliphatic carbocycles. The Morgan fingerprint density at radius 2 is 1.67 bits per heavy atom. The van der Waals surface area contributed by atoms with Gasteiger partial charge in [-0.1, -0.05) is 6.92 Å². The molecule has 0 radical (unpaired) electrons. The number of carboxylic acid groups (broad SMARTS) is 1. The van der Waals surface area contributed by atoms with Crippen LogP contribution in [0.3, 0.4) is 0 Å². The number of alkyl halides is 6. The van der Waals surface area contributed by atoms with E-state index in [1.54, 1.807) is 6.92 Å². The van der Waals surface area contributed by atoms with Crippen LogP contribution in [0.4, 0.5) is 26.3 Å². The van der Waals surface area contributed by atoms with Crippen LogP contribution in [0.15, 0.2) is 0 Å².